The van der Waals surface area contributed by atoms with Crippen LogP contribution in [-0.2, 0) is 17.9 Å². The predicted octanol–water partition coefficient (Wildman–Crippen LogP) is 4.12. The molecule has 128 valence electrons. The second-order valence-electron chi connectivity index (χ2n) is 6.95. The molecular formula is C19H24ClN3O. The summed E-state index contributed by atoms with van der Waals surface area (Å²) in [5.41, 5.74) is 1.13. The number of aromatic nitrogens is 2. The van der Waals surface area contributed by atoms with Gasteiger partial charge in [0.05, 0.1) is 6.54 Å². The van der Waals surface area contributed by atoms with Crippen LogP contribution in [0.1, 0.15) is 44.5 Å². The summed E-state index contributed by atoms with van der Waals surface area (Å²) in [5.74, 6) is 1.55. The maximum Gasteiger partial charge on any atom is 0.223 e. The lowest BCUT2D eigenvalue weighted by molar-refractivity contribution is -0.133. The maximum atomic E-state index is 12.5. The topological polar surface area (TPSA) is 38.1 Å². The van der Waals surface area contributed by atoms with Crippen LogP contribution in [0.4, 0.5) is 0 Å². The number of nitrogens with zero attached hydrogens (tertiary/aromatic N) is 3. The van der Waals surface area contributed by atoms with Gasteiger partial charge in [-0.05, 0) is 36.5 Å². The van der Waals surface area contributed by atoms with Crippen molar-refractivity contribution in [2.24, 2.45) is 5.92 Å². The van der Waals surface area contributed by atoms with Gasteiger partial charge >= 0.3 is 0 Å². The molecule has 0 unspecified atom stereocenters. The van der Waals surface area contributed by atoms with Crippen LogP contribution in [-0.4, -0.2) is 26.4 Å². The van der Waals surface area contributed by atoms with Gasteiger partial charge in [-0.15, -0.1) is 0 Å². The molecule has 1 aromatic carbocycles. The van der Waals surface area contributed by atoms with Crippen molar-refractivity contribution in [1.29, 1.82) is 0 Å². The van der Waals surface area contributed by atoms with Crippen LogP contribution in [0.3, 0.4) is 0 Å². The lowest BCUT2D eigenvalue weighted by Crippen LogP contribution is -2.34. The van der Waals surface area contributed by atoms with Crippen LogP contribution in [0.25, 0.3) is 0 Å². The van der Waals surface area contributed by atoms with E-state index in [1.807, 2.05) is 29.3 Å². The average molecular weight is 346 g/mol. The van der Waals surface area contributed by atoms with Gasteiger partial charge < -0.3 is 9.47 Å². The van der Waals surface area contributed by atoms with Crippen LogP contribution in [0, 0.1) is 5.92 Å². The Hall–Kier alpha value is -1.81. The van der Waals surface area contributed by atoms with Crippen LogP contribution in [0.2, 0.25) is 5.02 Å². The van der Waals surface area contributed by atoms with E-state index in [4.69, 9.17) is 11.6 Å². The average Bonchev–Trinajstić information content (AvgIpc) is 3.26. The zero-order valence-electron chi connectivity index (χ0n) is 14.3. The smallest absolute Gasteiger partial charge is 0.223 e. The zero-order chi connectivity index (χ0) is 17.1. The fraction of sp³-hybridized carbons (Fsp3) is 0.474. The molecule has 1 amide bonds. The molecule has 0 spiro atoms. The standard InChI is InChI=1S/C19H24ClN3O/c1-14(2)10-19(24)23(17-6-7-17)13-18-21-8-9-22(18)12-15-4-3-5-16(20)11-15/h3-5,8-9,11,14,17H,6-7,10,12-13H2,1-2H3. The molecule has 1 heterocycles. The molecule has 0 saturated heterocycles. The summed E-state index contributed by atoms with van der Waals surface area (Å²) in [6.45, 7) is 5.47. The second kappa shape index (κ2) is 7.39. The van der Waals surface area contributed by atoms with E-state index in [0.29, 0.717) is 31.5 Å². The first kappa shape index (κ1) is 17.0. The Balaban J connectivity index is 1.73. The summed E-state index contributed by atoms with van der Waals surface area (Å²) in [4.78, 5) is 19.0. The summed E-state index contributed by atoms with van der Waals surface area (Å²) in [5, 5.41) is 0.737. The first-order chi connectivity index (χ1) is 11.5. The zero-order valence-corrected chi connectivity index (χ0v) is 15.0. The molecule has 0 atom stereocenters. The quantitative estimate of drug-likeness (QED) is 0.757. The fourth-order valence-corrected chi connectivity index (χ4v) is 3.11. The van der Waals surface area contributed by atoms with Crippen molar-refractivity contribution >= 4 is 17.5 Å². The van der Waals surface area contributed by atoms with Crippen LogP contribution in [0.5, 0.6) is 0 Å². The summed E-state index contributed by atoms with van der Waals surface area (Å²) in [6.07, 6.45) is 6.59. The van der Waals surface area contributed by atoms with Crippen LogP contribution < -0.4 is 0 Å². The van der Waals surface area contributed by atoms with Gasteiger partial charge in [0.2, 0.25) is 5.91 Å². The van der Waals surface area contributed by atoms with Gasteiger partial charge in [0.25, 0.3) is 0 Å². The minimum Gasteiger partial charge on any atom is -0.332 e. The summed E-state index contributed by atoms with van der Waals surface area (Å²) >= 11 is 6.07. The highest BCUT2D eigenvalue weighted by Gasteiger charge is 2.33. The molecule has 24 heavy (non-hydrogen) atoms. The molecule has 0 radical (unpaired) electrons. The van der Waals surface area contributed by atoms with E-state index in [1.165, 1.54) is 0 Å². The molecule has 1 aliphatic rings. The number of benzene rings is 1. The molecular weight excluding hydrogens is 322 g/mol. The van der Waals surface area contributed by atoms with E-state index in [9.17, 15) is 4.79 Å². The number of hydrogen-bond donors (Lipinski definition) is 0. The number of carbonyl (C=O) groups is 1. The van der Waals surface area contributed by atoms with Crippen molar-refractivity contribution in [3.8, 4) is 0 Å². The normalized spacial score (nSPS) is 14.2. The van der Waals surface area contributed by atoms with Gasteiger partial charge in [0, 0.05) is 36.4 Å². The van der Waals surface area contributed by atoms with Gasteiger partial charge in [-0.2, -0.15) is 0 Å². The highest BCUT2D eigenvalue weighted by Crippen LogP contribution is 2.29. The van der Waals surface area contributed by atoms with Crippen molar-refractivity contribution in [2.75, 3.05) is 0 Å². The van der Waals surface area contributed by atoms with E-state index < -0.39 is 0 Å². The van der Waals surface area contributed by atoms with Gasteiger partial charge in [0.1, 0.15) is 5.82 Å². The molecule has 1 saturated carbocycles. The first-order valence-electron chi connectivity index (χ1n) is 8.57. The van der Waals surface area contributed by atoms with E-state index in [1.54, 1.807) is 6.20 Å². The third kappa shape index (κ3) is 4.38. The number of carbonyl (C=O) groups excluding carboxylic acids is 1. The lowest BCUT2D eigenvalue weighted by atomic mass is 10.1. The van der Waals surface area contributed by atoms with Crippen molar-refractivity contribution in [1.82, 2.24) is 14.5 Å². The molecule has 0 aliphatic heterocycles. The molecule has 0 bridgehead atoms. The Morgan fingerprint density at radius 1 is 1.42 bits per heavy atom. The second-order valence-corrected chi connectivity index (χ2v) is 7.39. The number of rotatable bonds is 7. The van der Waals surface area contributed by atoms with Gasteiger partial charge in [0.15, 0.2) is 0 Å². The lowest BCUT2D eigenvalue weighted by Gasteiger charge is -2.23. The van der Waals surface area contributed by atoms with E-state index >= 15 is 0 Å². The fourth-order valence-electron chi connectivity index (χ4n) is 2.89. The van der Waals surface area contributed by atoms with Crippen molar-refractivity contribution in [2.45, 2.75) is 52.2 Å². The van der Waals surface area contributed by atoms with Gasteiger partial charge in [-0.3, -0.25) is 4.79 Å². The Morgan fingerprint density at radius 2 is 2.21 bits per heavy atom. The highest BCUT2D eigenvalue weighted by atomic mass is 35.5. The number of hydrogen-bond acceptors (Lipinski definition) is 2. The van der Waals surface area contributed by atoms with Crippen molar-refractivity contribution in [3.63, 3.8) is 0 Å². The predicted molar refractivity (Wildman–Crippen MR) is 95.8 cm³/mol. The van der Waals surface area contributed by atoms with Crippen LogP contribution in [0.15, 0.2) is 36.7 Å². The maximum absolute atomic E-state index is 12.5. The summed E-state index contributed by atoms with van der Waals surface area (Å²) < 4.78 is 2.10. The van der Waals surface area contributed by atoms with Gasteiger partial charge in [-0.1, -0.05) is 37.6 Å². The van der Waals surface area contributed by atoms with E-state index in [0.717, 1.165) is 29.3 Å². The third-order valence-corrected chi connectivity index (χ3v) is 4.48. The molecule has 2 aromatic rings. The molecule has 1 aromatic heterocycles. The first-order valence-corrected chi connectivity index (χ1v) is 8.94. The van der Waals surface area contributed by atoms with Crippen LogP contribution >= 0.6 is 11.6 Å². The number of amides is 1. The van der Waals surface area contributed by atoms with E-state index in [2.05, 4.69) is 29.5 Å². The minimum atomic E-state index is 0.241. The highest BCUT2D eigenvalue weighted by molar-refractivity contribution is 6.30. The summed E-state index contributed by atoms with van der Waals surface area (Å²) in [7, 11) is 0. The molecule has 4 nitrogen and oxygen atoms in total. The molecule has 5 heteroatoms. The Labute approximate surface area is 148 Å². The van der Waals surface area contributed by atoms with Crippen molar-refractivity contribution in [3.05, 3.63) is 53.1 Å². The Kier molecular flexibility index (Phi) is 5.24. The SMILES string of the molecule is CC(C)CC(=O)N(Cc1nccn1Cc1cccc(Cl)c1)C1CC1. The summed E-state index contributed by atoms with van der Waals surface area (Å²) in [6, 6.07) is 8.25. The number of halogens is 1. The monoisotopic (exact) mass is 345 g/mol. The molecule has 1 fully saturated rings. The van der Waals surface area contributed by atoms with E-state index in [-0.39, 0.29) is 5.91 Å². The Bertz CT molecular complexity index is 706. The Morgan fingerprint density at radius 3 is 2.88 bits per heavy atom. The number of imidazole rings is 1. The molecule has 0 N–H and O–H groups in total. The largest absolute Gasteiger partial charge is 0.332 e. The third-order valence-electron chi connectivity index (χ3n) is 4.25. The molecule has 1 aliphatic carbocycles. The van der Waals surface area contributed by atoms with Crippen molar-refractivity contribution < 1.29 is 4.79 Å². The minimum absolute atomic E-state index is 0.241. The molecule has 3 rings (SSSR count). The van der Waals surface area contributed by atoms with Gasteiger partial charge in [-0.25, -0.2) is 4.98 Å².